The van der Waals surface area contributed by atoms with Gasteiger partial charge in [0.05, 0.1) is 10.3 Å². The number of alkyl halides is 1. The number of halogens is 2. The highest BCUT2D eigenvalue weighted by Crippen LogP contribution is 2.45. The molecule has 0 aromatic heterocycles. The number of carbonyl (C=O) groups excluding carboxylic acids is 2. The molecule has 0 saturated carbocycles. The molecule has 0 N–H and O–H groups in total. The summed E-state index contributed by atoms with van der Waals surface area (Å²) >= 11 is 11.2. The third-order valence-electron chi connectivity index (χ3n) is 5.26. The van der Waals surface area contributed by atoms with Crippen LogP contribution < -0.4 is 0 Å². The highest BCUT2D eigenvalue weighted by molar-refractivity contribution is 9.10. The van der Waals surface area contributed by atoms with Gasteiger partial charge in [-0.2, -0.15) is 0 Å². The molecule has 2 heterocycles. The van der Waals surface area contributed by atoms with Crippen LogP contribution in [0.1, 0.15) is 37.0 Å². The van der Waals surface area contributed by atoms with Crippen LogP contribution in [-0.4, -0.2) is 57.8 Å². The van der Waals surface area contributed by atoms with Gasteiger partial charge < -0.3 is 9.80 Å². The standard InChI is InChI=1S/C19H24BrClN2O2S/c1-18(2,13-21)17(25)22-9-7-19(8-10-22)23(11-12-26-19)16(24)14-3-5-15(20)6-4-14/h3-6H,7-13H2,1-2H3. The second-order valence-electron chi connectivity index (χ2n) is 7.57. The van der Waals surface area contributed by atoms with Crippen molar-refractivity contribution in [3.63, 3.8) is 0 Å². The van der Waals surface area contributed by atoms with Gasteiger partial charge in [0.1, 0.15) is 0 Å². The summed E-state index contributed by atoms with van der Waals surface area (Å²) in [5.74, 6) is 1.46. The van der Waals surface area contributed by atoms with Crippen molar-refractivity contribution >= 4 is 51.1 Å². The first kappa shape index (κ1) is 20.0. The van der Waals surface area contributed by atoms with E-state index < -0.39 is 5.41 Å². The van der Waals surface area contributed by atoms with Crippen LogP contribution in [0.4, 0.5) is 0 Å². The minimum Gasteiger partial charge on any atom is -0.342 e. The Morgan fingerprint density at radius 3 is 2.38 bits per heavy atom. The summed E-state index contributed by atoms with van der Waals surface area (Å²) in [6, 6.07) is 7.53. The topological polar surface area (TPSA) is 40.6 Å². The van der Waals surface area contributed by atoms with Crippen LogP contribution >= 0.6 is 39.3 Å². The number of likely N-dealkylation sites (tertiary alicyclic amines) is 1. The molecule has 0 radical (unpaired) electrons. The molecule has 2 aliphatic heterocycles. The second kappa shape index (κ2) is 7.72. The fraction of sp³-hybridized carbons (Fsp3) is 0.579. The van der Waals surface area contributed by atoms with E-state index in [1.54, 1.807) is 0 Å². The van der Waals surface area contributed by atoms with Crippen LogP contribution in [0.15, 0.2) is 28.7 Å². The number of hydrogen-bond acceptors (Lipinski definition) is 3. The molecule has 1 aromatic carbocycles. The maximum atomic E-state index is 13.1. The van der Waals surface area contributed by atoms with Gasteiger partial charge in [-0.25, -0.2) is 0 Å². The molecule has 26 heavy (non-hydrogen) atoms. The fourth-order valence-corrected chi connectivity index (χ4v) is 5.44. The van der Waals surface area contributed by atoms with Gasteiger partial charge in [-0.15, -0.1) is 23.4 Å². The van der Waals surface area contributed by atoms with Gasteiger partial charge in [0.2, 0.25) is 5.91 Å². The van der Waals surface area contributed by atoms with Gasteiger partial charge >= 0.3 is 0 Å². The monoisotopic (exact) mass is 458 g/mol. The predicted molar refractivity (Wildman–Crippen MR) is 111 cm³/mol. The molecule has 1 aromatic rings. The highest BCUT2D eigenvalue weighted by atomic mass is 79.9. The lowest BCUT2D eigenvalue weighted by atomic mass is 9.92. The van der Waals surface area contributed by atoms with Crippen molar-refractivity contribution in [3.8, 4) is 0 Å². The first-order valence-corrected chi connectivity index (χ1v) is 11.2. The minimum atomic E-state index is -0.540. The van der Waals surface area contributed by atoms with Crippen molar-refractivity contribution in [1.29, 1.82) is 0 Å². The SMILES string of the molecule is CC(C)(CCl)C(=O)N1CCC2(CC1)SCCN2C(=O)c1ccc(Br)cc1. The molecule has 2 aliphatic rings. The highest BCUT2D eigenvalue weighted by Gasteiger charge is 2.48. The van der Waals surface area contributed by atoms with E-state index in [0.29, 0.717) is 19.0 Å². The average molecular weight is 460 g/mol. The van der Waals surface area contributed by atoms with E-state index in [1.807, 2.05) is 59.7 Å². The summed E-state index contributed by atoms with van der Waals surface area (Å²) in [4.78, 5) is 29.5. The Balaban J connectivity index is 1.71. The van der Waals surface area contributed by atoms with Gasteiger partial charge in [0.15, 0.2) is 0 Å². The molecule has 142 valence electrons. The molecule has 4 nitrogen and oxygen atoms in total. The molecule has 1 spiro atoms. The van der Waals surface area contributed by atoms with Crippen LogP contribution in [0.2, 0.25) is 0 Å². The lowest BCUT2D eigenvalue weighted by Crippen LogP contribution is -2.55. The van der Waals surface area contributed by atoms with Crippen molar-refractivity contribution in [1.82, 2.24) is 9.80 Å². The van der Waals surface area contributed by atoms with E-state index >= 15 is 0 Å². The van der Waals surface area contributed by atoms with Gasteiger partial charge in [0.25, 0.3) is 5.91 Å². The predicted octanol–water partition coefficient (Wildman–Crippen LogP) is 4.22. The number of rotatable bonds is 3. The maximum Gasteiger partial charge on any atom is 0.254 e. The first-order chi connectivity index (χ1) is 12.3. The van der Waals surface area contributed by atoms with Crippen molar-refractivity contribution < 1.29 is 9.59 Å². The lowest BCUT2D eigenvalue weighted by Gasteiger charge is -2.45. The van der Waals surface area contributed by atoms with E-state index in [2.05, 4.69) is 15.9 Å². The number of nitrogens with zero attached hydrogens (tertiary/aromatic N) is 2. The Morgan fingerprint density at radius 1 is 1.19 bits per heavy atom. The third-order valence-corrected chi connectivity index (χ3v) is 8.01. The third kappa shape index (κ3) is 3.78. The molecule has 7 heteroatoms. The van der Waals surface area contributed by atoms with E-state index in [0.717, 1.165) is 35.2 Å². The number of thioether (sulfide) groups is 1. The first-order valence-electron chi connectivity index (χ1n) is 8.86. The molecule has 0 atom stereocenters. The molecule has 0 unspecified atom stereocenters. The minimum absolute atomic E-state index is 0.0864. The maximum absolute atomic E-state index is 13.1. The summed E-state index contributed by atoms with van der Waals surface area (Å²) in [6.07, 6.45) is 1.62. The van der Waals surface area contributed by atoms with Gasteiger partial charge in [-0.05, 0) is 51.0 Å². The summed E-state index contributed by atoms with van der Waals surface area (Å²) in [6.45, 7) is 5.90. The lowest BCUT2D eigenvalue weighted by molar-refractivity contribution is -0.140. The van der Waals surface area contributed by atoms with E-state index in [4.69, 9.17) is 11.6 Å². The smallest absolute Gasteiger partial charge is 0.254 e. The Morgan fingerprint density at radius 2 is 1.81 bits per heavy atom. The average Bonchev–Trinajstić information content (AvgIpc) is 3.05. The van der Waals surface area contributed by atoms with Gasteiger partial charge in [-0.3, -0.25) is 9.59 Å². The Kier molecular flexibility index (Phi) is 5.95. The molecule has 2 amide bonds. The van der Waals surface area contributed by atoms with Gasteiger partial charge in [0, 0.05) is 41.3 Å². The number of benzene rings is 1. The summed E-state index contributed by atoms with van der Waals surface area (Å²) < 4.78 is 0.966. The van der Waals surface area contributed by atoms with E-state index in [9.17, 15) is 9.59 Å². The number of amides is 2. The normalized spacial score (nSPS) is 19.8. The van der Waals surface area contributed by atoms with Crippen LogP contribution in [0.25, 0.3) is 0 Å². The quantitative estimate of drug-likeness (QED) is 0.635. The van der Waals surface area contributed by atoms with Crippen molar-refractivity contribution in [2.45, 2.75) is 31.6 Å². The fourth-order valence-electron chi connectivity index (χ4n) is 3.60. The van der Waals surface area contributed by atoms with Crippen molar-refractivity contribution in [3.05, 3.63) is 34.3 Å². The van der Waals surface area contributed by atoms with Crippen molar-refractivity contribution in [2.75, 3.05) is 31.3 Å². The molecule has 2 saturated heterocycles. The molecule has 2 fully saturated rings. The zero-order valence-corrected chi connectivity index (χ0v) is 18.3. The Bertz CT molecular complexity index is 687. The zero-order chi connectivity index (χ0) is 18.9. The number of piperidine rings is 1. The largest absolute Gasteiger partial charge is 0.342 e. The molecule has 3 rings (SSSR count). The Labute approximate surface area is 172 Å². The van der Waals surface area contributed by atoms with Gasteiger partial charge in [-0.1, -0.05) is 15.9 Å². The van der Waals surface area contributed by atoms with Crippen LogP contribution in [-0.2, 0) is 4.79 Å². The van der Waals surface area contributed by atoms with Crippen LogP contribution in [0.3, 0.4) is 0 Å². The van der Waals surface area contributed by atoms with E-state index in [-0.39, 0.29) is 16.7 Å². The number of carbonyl (C=O) groups is 2. The molecule has 0 aliphatic carbocycles. The summed E-state index contributed by atoms with van der Waals surface area (Å²) in [5.41, 5.74) is 0.179. The van der Waals surface area contributed by atoms with Crippen LogP contribution in [0, 0.1) is 5.41 Å². The molecular weight excluding hydrogens is 436 g/mol. The molecular formula is C19H24BrClN2O2S. The summed E-state index contributed by atoms with van der Waals surface area (Å²) in [7, 11) is 0. The number of hydrogen-bond donors (Lipinski definition) is 0. The van der Waals surface area contributed by atoms with E-state index in [1.165, 1.54) is 0 Å². The zero-order valence-electron chi connectivity index (χ0n) is 15.1. The van der Waals surface area contributed by atoms with Crippen LogP contribution in [0.5, 0.6) is 0 Å². The molecule has 0 bridgehead atoms. The Hall–Kier alpha value is -0.720. The summed E-state index contributed by atoms with van der Waals surface area (Å²) in [5, 5.41) is 0. The second-order valence-corrected chi connectivity index (χ2v) is 10.2. The van der Waals surface area contributed by atoms with Crippen molar-refractivity contribution in [2.24, 2.45) is 5.41 Å².